The number of alkyl halides is 1. The summed E-state index contributed by atoms with van der Waals surface area (Å²) < 4.78 is 26.8. The lowest BCUT2D eigenvalue weighted by molar-refractivity contribution is -0.148. The normalized spacial score (nSPS) is 20.5. The van der Waals surface area contributed by atoms with Gasteiger partial charge in [0.2, 0.25) is 23.6 Å². The van der Waals surface area contributed by atoms with Crippen molar-refractivity contribution in [1.29, 1.82) is 0 Å². The lowest BCUT2D eigenvalue weighted by Gasteiger charge is -2.41. The Bertz CT molecular complexity index is 1350. The Morgan fingerprint density at radius 2 is 1.55 bits per heavy atom. The minimum Gasteiger partial charge on any atom is -0.480 e. The maximum Gasteiger partial charge on any atom is 0.326 e. The molecule has 1 fully saturated rings. The molecule has 0 saturated carbocycles. The van der Waals surface area contributed by atoms with E-state index in [0.29, 0.717) is 6.42 Å². The van der Waals surface area contributed by atoms with Crippen LogP contribution in [-0.4, -0.2) is 128 Å². The van der Waals surface area contributed by atoms with E-state index in [1.807, 2.05) is 47.6 Å². The number of hydrogen-bond donors (Lipinski definition) is 4. The third-order valence-corrected chi connectivity index (χ3v) is 10.6. The van der Waals surface area contributed by atoms with Crippen molar-refractivity contribution in [2.45, 2.75) is 123 Å². The highest BCUT2D eigenvalue weighted by atomic mass is 19.1. The van der Waals surface area contributed by atoms with Crippen LogP contribution in [0.25, 0.3) is 0 Å². The third kappa shape index (κ3) is 12.2. The van der Waals surface area contributed by atoms with Crippen molar-refractivity contribution in [3.8, 4) is 0 Å². The maximum atomic E-state index is 15.1. The molecule has 1 saturated heterocycles. The van der Waals surface area contributed by atoms with E-state index >= 15 is 4.39 Å². The number of methoxy groups -OCH3 is 2. The second kappa shape index (κ2) is 21.3. The smallest absolute Gasteiger partial charge is 0.326 e. The molecule has 1 aromatic carbocycles. The Hall–Kier alpha value is -3.62. The van der Waals surface area contributed by atoms with Crippen molar-refractivity contribution in [2.24, 2.45) is 23.7 Å². The second-order valence-corrected chi connectivity index (χ2v) is 15.1. The topological polar surface area (TPSA) is 167 Å². The molecule has 0 radical (unpaired) electrons. The monoisotopic (exact) mass is 749 g/mol. The van der Waals surface area contributed by atoms with E-state index in [4.69, 9.17) is 9.47 Å². The van der Waals surface area contributed by atoms with Gasteiger partial charge in [-0.15, -0.1) is 0 Å². The predicted molar refractivity (Wildman–Crippen MR) is 201 cm³/mol. The molecular weight excluding hydrogens is 685 g/mol. The number of amides is 4. The second-order valence-electron chi connectivity index (χ2n) is 15.1. The summed E-state index contributed by atoms with van der Waals surface area (Å²) in [5.74, 6) is -4.12. The lowest BCUT2D eigenvalue weighted by atomic mass is 9.89. The number of carbonyl (C=O) groups excluding carboxylic acids is 4. The van der Waals surface area contributed by atoms with E-state index < -0.39 is 72.3 Å². The molecule has 1 heterocycles. The van der Waals surface area contributed by atoms with Crippen LogP contribution in [0, 0.1) is 23.7 Å². The zero-order chi connectivity index (χ0) is 40.2. The number of carbonyl (C=O) groups is 5. The number of nitrogens with zero attached hydrogens (tertiary/aromatic N) is 2. The fraction of sp³-hybridized carbons (Fsp3) is 0.718. The van der Waals surface area contributed by atoms with Crippen LogP contribution in [0.1, 0.15) is 73.3 Å². The molecular formula is C39H64FN5O8. The van der Waals surface area contributed by atoms with E-state index in [-0.39, 0.29) is 55.4 Å². The van der Waals surface area contributed by atoms with Gasteiger partial charge in [-0.2, -0.15) is 0 Å². The van der Waals surface area contributed by atoms with Crippen LogP contribution in [0.15, 0.2) is 30.3 Å². The Balaban J connectivity index is 2.31. The number of carboxylic acid groups (broad SMARTS) is 1. The van der Waals surface area contributed by atoms with Crippen molar-refractivity contribution in [3.63, 3.8) is 0 Å². The minimum absolute atomic E-state index is 0.00732. The van der Waals surface area contributed by atoms with Crippen LogP contribution in [-0.2, 0) is 39.9 Å². The first kappa shape index (κ1) is 45.5. The van der Waals surface area contributed by atoms with E-state index in [1.165, 1.54) is 19.1 Å². The highest BCUT2D eigenvalue weighted by Gasteiger charge is 2.46. The van der Waals surface area contributed by atoms with Gasteiger partial charge in [0.05, 0.1) is 49.2 Å². The van der Waals surface area contributed by atoms with Gasteiger partial charge in [0.15, 0.2) is 0 Å². The summed E-state index contributed by atoms with van der Waals surface area (Å²) >= 11 is 0. The van der Waals surface area contributed by atoms with Gasteiger partial charge in [0, 0.05) is 34.1 Å². The summed E-state index contributed by atoms with van der Waals surface area (Å²) in [4.78, 5) is 69.8. The zero-order valence-corrected chi connectivity index (χ0v) is 33.4. The molecule has 0 aromatic heterocycles. The Morgan fingerprint density at radius 3 is 2.04 bits per heavy atom. The number of halogens is 1. The van der Waals surface area contributed by atoms with Gasteiger partial charge in [0.25, 0.3) is 0 Å². The minimum atomic E-state index is -1.37. The van der Waals surface area contributed by atoms with Gasteiger partial charge in [-0.3, -0.25) is 19.2 Å². The molecule has 1 aromatic rings. The average molecular weight is 750 g/mol. The van der Waals surface area contributed by atoms with Gasteiger partial charge in [-0.25, -0.2) is 9.18 Å². The number of benzene rings is 1. The molecule has 10 atom stereocenters. The first-order chi connectivity index (χ1) is 24.9. The molecule has 4 N–H and O–H groups in total. The third-order valence-electron chi connectivity index (χ3n) is 10.6. The fourth-order valence-electron chi connectivity index (χ4n) is 7.37. The van der Waals surface area contributed by atoms with Crippen molar-refractivity contribution in [2.75, 3.05) is 34.9 Å². The van der Waals surface area contributed by atoms with Crippen LogP contribution in [0.5, 0.6) is 0 Å². The molecule has 300 valence electrons. The summed E-state index contributed by atoms with van der Waals surface area (Å²) in [7, 11) is 6.19. The standard InChI is InChI=1S/C39H64FN5O8/c1-12-24(6)34(44(9)38(49)33(23(4)5)43-37(48)32(41-8)22(2)3)30(52-10)20-31(46)45-21-27(40)19-29(45)35(53-11)25(7)36(47)42-28(39(50)51)18-26-16-14-13-15-17-26/h13-17,22-25,27-30,32-35,41H,12,18-21H2,1-11H3,(H,42,47)(H,43,48)(H,50,51)/t24-,25?,27-,28-,29-,30?,32?,33-,34?,35+/m0/s1. The molecule has 53 heavy (non-hydrogen) atoms. The first-order valence-electron chi connectivity index (χ1n) is 18.7. The van der Waals surface area contributed by atoms with Gasteiger partial charge in [-0.05, 0) is 30.4 Å². The first-order valence-corrected chi connectivity index (χ1v) is 18.7. The maximum absolute atomic E-state index is 15.1. The fourth-order valence-corrected chi connectivity index (χ4v) is 7.37. The lowest BCUT2D eigenvalue weighted by Crippen LogP contribution is -2.59. The zero-order valence-electron chi connectivity index (χ0n) is 33.4. The summed E-state index contributed by atoms with van der Waals surface area (Å²) in [5.41, 5.74) is 0.734. The van der Waals surface area contributed by atoms with Gasteiger partial charge in [-0.1, -0.05) is 85.2 Å². The molecule has 13 nitrogen and oxygen atoms in total. The highest BCUT2D eigenvalue weighted by Crippen LogP contribution is 2.31. The molecule has 1 aliphatic heterocycles. The number of hydrogen-bond acceptors (Lipinski definition) is 8. The molecule has 14 heteroatoms. The number of rotatable bonds is 21. The number of ether oxygens (including phenoxy) is 2. The Kier molecular flexibility index (Phi) is 18.3. The Morgan fingerprint density at radius 1 is 0.943 bits per heavy atom. The molecule has 0 spiro atoms. The van der Waals surface area contributed by atoms with Crippen molar-refractivity contribution in [1.82, 2.24) is 25.8 Å². The average Bonchev–Trinajstić information content (AvgIpc) is 3.50. The van der Waals surface area contributed by atoms with Crippen molar-refractivity contribution >= 4 is 29.6 Å². The largest absolute Gasteiger partial charge is 0.480 e. The highest BCUT2D eigenvalue weighted by molar-refractivity contribution is 5.90. The molecule has 1 aliphatic rings. The predicted octanol–water partition coefficient (Wildman–Crippen LogP) is 3.05. The van der Waals surface area contributed by atoms with Gasteiger partial charge >= 0.3 is 5.97 Å². The molecule has 0 aliphatic carbocycles. The number of aliphatic carboxylic acids is 1. The molecule has 4 unspecified atom stereocenters. The van der Waals surface area contributed by atoms with Crippen LogP contribution in [0.2, 0.25) is 0 Å². The van der Waals surface area contributed by atoms with Gasteiger partial charge < -0.3 is 40.3 Å². The van der Waals surface area contributed by atoms with Crippen LogP contribution >= 0.6 is 0 Å². The summed E-state index contributed by atoms with van der Waals surface area (Å²) in [5, 5.41) is 18.4. The van der Waals surface area contributed by atoms with E-state index in [1.54, 1.807) is 50.2 Å². The molecule has 0 bridgehead atoms. The van der Waals surface area contributed by atoms with E-state index in [9.17, 15) is 29.1 Å². The molecule has 4 amide bonds. The van der Waals surface area contributed by atoms with Crippen LogP contribution in [0.3, 0.4) is 0 Å². The summed E-state index contributed by atoms with van der Waals surface area (Å²) in [6.07, 6.45) is -2.63. The quantitative estimate of drug-likeness (QED) is 0.148. The van der Waals surface area contributed by atoms with Gasteiger partial charge in [0.1, 0.15) is 18.3 Å². The molecule has 2 rings (SSSR count). The van der Waals surface area contributed by atoms with E-state index in [0.717, 1.165) is 5.56 Å². The SMILES string of the molecule is CC[C@H](C)C(C(CC(=O)N1C[C@@H](F)C[C@H]1[C@H](OC)C(C)C(=O)N[C@@H](Cc1ccccc1)C(=O)O)OC)N(C)C(=O)[C@@H](NC(=O)C(NC)C(C)C)C(C)C. The summed E-state index contributed by atoms with van der Waals surface area (Å²) in [6, 6.07) is 4.99. The van der Waals surface area contributed by atoms with Crippen molar-refractivity contribution in [3.05, 3.63) is 35.9 Å². The number of carboxylic acids is 1. The number of nitrogens with one attached hydrogen (secondary N) is 3. The number of likely N-dealkylation sites (N-methyl/N-ethyl adjacent to an activating group) is 2. The Labute approximate surface area is 315 Å². The van der Waals surface area contributed by atoms with Crippen LogP contribution in [0.4, 0.5) is 4.39 Å². The summed E-state index contributed by atoms with van der Waals surface area (Å²) in [6.45, 7) is 12.8. The van der Waals surface area contributed by atoms with Crippen molar-refractivity contribution < 1.29 is 42.9 Å². The van der Waals surface area contributed by atoms with Crippen LogP contribution < -0.4 is 16.0 Å². The number of likely N-dealkylation sites (tertiary alicyclic amines) is 1. The van der Waals surface area contributed by atoms with E-state index in [2.05, 4.69) is 16.0 Å².